The van der Waals surface area contributed by atoms with Crippen LogP contribution in [0.5, 0.6) is 5.75 Å². The molecule has 0 saturated heterocycles. The summed E-state index contributed by atoms with van der Waals surface area (Å²) in [5.41, 5.74) is 0.0689. The van der Waals surface area contributed by atoms with E-state index in [1.54, 1.807) is 0 Å². The second-order valence-electron chi connectivity index (χ2n) is 8.11. The van der Waals surface area contributed by atoms with Crippen LogP contribution in [-0.2, 0) is 15.1 Å². The summed E-state index contributed by atoms with van der Waals surface area (Å²) in [7, 11) is 0. The molecule has 1 aliphatic rings. The van der Waals surface area contributed by atoms with Gasteiger partial charge in [0.05, 0.1) is 24.7 Å². The van der Waals surface area contributed by atoms with Crippen LogP contribution < -0.4 is 4.74 Å². The molecule has 1 aromatic rings. The first-order valence-corrected chi connectivity index (χ1v) is 11.2. The summed E-state index contributed by atoms with van der Waals surface area (Å²) in [4.78, 5) is 12.1. The Balaban J connectivity index is 1.76. The summed E-state index contributed by atoms with van der Waals surface area (Å²) in [5, 5.41) is 11.1. The Labute approximate surface area is 170 Å². The monoisotopic (exact) mass is 390 g/mol. The van der Waals surface area contributed by atoms with Gasteiger partial charge < -0.3 is 14.6 Å². The van der Waals surface area contributed by atoms with Gasteiger partial charge >= 0.3 is 5.97 Å². The third-order valence-electron chi connectivity index (χ3n) is 5.80. The smallest absolute Gasteiger partial charge is 0.308 e. The molecule has 4 nitrogen and oxygen atoms in total. The highest BCUT2D eigenvalue weighted by Gasteiger charge is 2.37. The van der Waals surface area contributed by atoms with E-state index in [-0.39, 0.29) is 11.9 Å². The van der Waals surface area contributed by atoms with E-state index in [1.807, 2.05) is 24.3 Å². The molecule has 28 heavy (non-hydrogen) atoms. The molecule has 0 aromatic heterocycles. The zero-order valence-electron chi connectivity index (χ0n) is 17.8. The van der Waals surface area contributed by atoms with Crippen molar-refractivity contribution in [3.05, 3.63) is 29.8 Å². The minimum absolute atomic E-state index is 0.0764. The number of carbonyl (C=O) groups excluding carboxylic acids is 1. The van der Waals surface area contributed by atoms with Gasteiger partial charge in [-0.3, -0.25) is 4.79 Å². The molecule has 0 atom stereocenters. The van der Waals surface area contributed by atoms with Crippen LogP contribution in [0.1, 0.15) is 90.0 Å². The lowest BCUT2D eigenvalue weighted by molar-refractivity contribution is -0.151. The number of ether oxygens (including phenoxy) is 2. The molecule has 0 spiro atoms. The maximum atomic E-state index is 12.1. The molecule has 1 fully saturated rings. The summed E-state index contributed by atoms with van der Waals surface area (Å²) in [5.74, 6) is 0.682. The number of hydrogen-bond donors (Lipinski definition) is 1. The fraction of sp³-hybridized carbons (Fsp3) is 0.708. The fourth-order valence-electron chi connectivity index (χ4n) is 3.81. The van der Waals surface area contributed by atoms with Crippen LogP contribution in [-0.4, -0.2) is 24.3 Å². The lowest BCUT2D eigenvalue weighted by Gasteiger charge is -2.35. The standard InChI is InChI=1S/C24H38O4/c1-3-5-7-8-9-19-27-22-12-10-21(11-13-22)24(26)16-14-20(15-17-24)23(25)28-18-6-4-2/h10-13,20,26H,3-9,14-19H2,1-2H3. The highest BCUT2D eigenvalue weighted by atomic mass is 16.5. The number of rotatable bonds is 12. The molecule has 0 radical (unpaired) electrons. The molecule has 1 N–H and O–H groups in total. The van der Waals surface area contributed by atoms with Gasteiger partial charge in [0.15, 0.2) is 0 Å². The highest BCUT2D eigenvalue weighted by Crippen LogP contribution is 2.40. The summed E-state index contributed by atoms with van der Waals surface area (Å²) in [6.45, 7) is 5.56. The fourth-order valence-corrected chi connectivity index (χ4v) is 3.81. The highest BCUT2D eigenvalue weighted by molar-refractivity contribution is 5.72. The molecule has 0 bridgehead atoms. The molecule has 0 heterocycles. The lowest BCUT2D eigenvalue weighted by atomic mass is 9.75. The number of unbranched alkanes of at least 4 members (excludes halogenated alkanes) is 5. The van der Waals surface area contributed by atoms with Crippen LogP contribution >= 0.6 is 0 Å². The quantitative estimate of drug-likeness (QED) is 0.364. The van der Waals surface area contributed by atoms with Crippen LogP contribution in [0.15, 0.2) is 24.3 Å². The van der Waals surface area contributed by atoms with Crippen molar-refractivity contribution < 1.29 is 19.4 Å². The molecule has 2 rings (SSSR count). The van der Waals surface area contributed by atoms with E-state index in [9.17, 15) is 9.90 Å². The molecule has 0 aliphatic heterocycles. The van der Waals surface area contributed by atoms with Crippen LogP contribution in [0.25, 0.3) is 0 Å². The van der Waals surface area contributed by atoms with Crippen molar-refractivity contribution in [2.75, 3.05) is 13.2 Å². The number of carbonyl (C=O) groups is 1. The Morgan fingerprint density at radius 3 is 2.25 bits per heavy atom. The van der Waals surface area contributed by atoms with E-state index in [4.69, 9.17) is 9.47 Å². The SMILES string of the molecule is CCCCCCCOc1ccc(C2(O)CCC(C(=O)OCCCC)CC2)cc1. The topological polar surface area (TPSA) is 55.8 Å². The van der Waals surface area contributed by atoms with Crippen LogP contribution in [0, 0.1) is 5.92 Å². The zero-order chi connectivity index (χ0) is 20.2. The maximum Gasteiger partial charge on any atom is 0.308 e. The van der Waals surface area contributed by atoms with E-state index in [1.165, 1.54) is 25.7 Å². The summed E-state index contributed by atoms with van der Waals surface area (Å²) < 4.78 is 11.2. The van der Waals surface area contributed by atoms with Crippen LogP contribution in [0.4, 0.5) is 0 Å². The third kappa shape index (κ3) is 7.12. The molecular formula is C24H38O4. The van der Waals surface area contributed by atoms with Gasteiger partial charge in [-0.25, -0.2) is 0 Å². The van der Waals surface area contributed by atoms with E-state index in [0.29, 0.717) is 32.3 Å². The van der Waals surface area contributed by atoms with E-state index in [2.05, 4.69) is 13.8 Å². The van der Waals surface area contributed by atoms with Gasteiger partial charge in [0, 0.05) is 0 Å². The molecule has 4 heteroatoms. The van der Waals surface area contributed by atoms with Crippen molar-refractivity contribution in [1.29, 1.82) is 0 Å². The largest absolute Gasteiger partial charge is 0.494 e. The maximum absolute atomic E-state index is 12.1. The van der Waals surface area contributed by atoms with E-state index >= 15 is 0 Å². The molecular weight excluding hydrogens is 352 g/mol. The van der Waals surface area contributed by atoms with Crippen LogP contribution in [0.2, 0.25) is 0 Å². The van der Waals surface area contributed by atoms with Gasteiger partial charge in [0.2, 0.25) is 0 Å². The normalized spacial score (nSPS) is 22.0. The number of aliphatic hydroxyl groups is 1. The van der Waals surface area contributed by atoms with Crippen molar-refractivity contribution in [3.8, 4) is 5.75 Å². The Bertz CT molecular complexity index is 558. The first-order chi connectivity index (χ1) is 13.6. The average Bonchev–Trinajstić information content (AvgIpc) is 2.71. The first kappa shape index (κ1) is 22.7. The van der Waals surface area contributed by atoms with Gasteiger partial charge in [0.1, 0.15) is 5.75 Å². The Morgan fingerprint density at radius 1 is 0.964 bits per heavy atom. The van der Waals surface area contributed by atoms with Crippen molar-refractivity contribution >= 4 is 5.97 Å². The Hall–Kier alpha value is -1.55. The summed E-state index contributed by atoms with van der Waals surface area (Å²) in [6, 6.07) is 7.83. The van der Waals surface area contributed by atoms with Gasteiger partial charge in [-0.15, -0.1) is 0 Å². The Kier molecular flexibility index (Phi) is 9.83. The summed E-state index contributed by atoms with van der Waals surface area (Å²) in [6.07, 6.45) is 10.6. The molecule has 0 amide bonds. The minimum Gasteiger partial charge on any atom is -0.494 e. The van der Waals surface area contributed by atoms with Gasteiger partial charge in [0.25, 0.3) is 0 Å². The van der Waals surface area contributed by atoms with Gasteiger partial charge in [-0.2, -0.15) is 0 Å². The predicted molar refractivity (Wildman–Crippen MR) is 112 cm³/mol. The van der Waals surface area contributed by atoms with Crippen molar-refractivity contribution in [3.63, 3.8) is 0 Å². The molecule has 1 aromatic carbocycles. The second-order valence-corrected chi connectivity index (χ2v) is 8.11. The minimum atomic E-state index is -0.848. The molecule has 1 aliphatic carbocycles. The van der Waals surface area contributed by atoms with Crippen LogP contribution in [0.3, 0.4) is 0 Å². The van der Waals surface area contributed by atoms with E-state index < -0.39 is 5.60 Å². The lowest BCUT2D eigenvalue weighted by Crippen LogP contribution is -2.34. The van der Waals surface area contributed by atoms with Crippen molar-refractivity contribution in [1.82, 2.24) is 0 Å². The number of benzene rings is 1. The molecule has 158 valence electrons. The number of esters is 1. The van der Waals surface area contributed by atoms with Crippen molar-refractivity contribution in [2.24, 2.45) is 5.92 Å². The average molecular weight is 391 g/mol. The second kappa shape index (κ2) is 12.1. The van der Waals surface area contributed by atoms with Gasteiger partial charge in [-0.1, -0.05) is 58.1 Å². The summed E-state index contributed by atoms with van der Waals surface area (Å²) >= 11 is 0. The van der Waals surface area contributed by atoms with Gasteiger partial charge in [-0.05, 0) is 56.2 Å². The Morgan fingerprint density at radius 2 is 1.61 bits per heavy atom. The predicted octanol–water partition coefficient (Wildman–Crippen LogP) is 5.76. The van der Waals surface area contributed by atoms with Crippen molar-refractivity contribution in [2.45, 2.75) is 90.1 Å². The molecule has 1 saturated carbocycles. The first-order valence-electron chi connectivity index (χ1n) is 11.2. The number of hydrogen-bond acceptors (Lipinski definition) is 4. The third-order valence-corrected chi connectivity index (χ3v) is 5.80. The zero-order valence-corrected chi connectivity index (χ0v) is 17.8. The molecule has 0 unspecified atom stereocenters. The van der Waals surface area contributed by atoms with E-state index in [0.717, 1.165) is 37.2 Å².